The number of anilines is 2. The summed E-state index contributed by atoms with van der Waals surface area (Å²) in [4.78, 5) is 27.4. The molecule has 5 nitrogen and oxygen atoms in total. The van der Waals surface area contributed by atoms with Crippen LogP contribution < -0.4 is 10.6 Å². The minimum Gasteiger partial charge on any atom is -0.325 e. The van der Waals surface area contributed by atoms with Gasteiger partial charge in [0, 0.05) is 17.3 Å². The van der Waals surface area contributed by atoms with E-state index in [9.17, 15) is 9.59 Å². The molecule has 2 rings (SSSR count). The van der Waals surface area contributed by atoms with E-state index in [1.165, 1.54) is 28.7 Å². The smallest absolute Gasteiger partial charge is 0.236 e. The average molecular weight is 335 g/mol. The molecular weight excluding hydrogens is 318 g/mol. The van der Waals surface area contributed by atoms with Crippen molar-refractivity contribution in [2.75, 3.05) is 22.1 Å². The summed E-state index contributed by atoms with van der Waals surface area (Å²) in [5, 5.41) is 7.87. The van der Waals surface area contributed by atoms with Gasteiger partial charge >= 0.3 is 0 Å². The summed E-state index contributed by atoms with van der Waals surface area (Å²) in [5.74, 6) is 0.187. The number of benzene rings is 1. The van der Waals surface area contributed by atoms with E-state index in [1.54, 1.807) is 11.6 Å². The van der Waals surface area contributed by atoms with Crippen LogP contribution in [0.5, 0.6) is 0 Å². The molecule has 1 aromatic heterocycles. The second-order valence-corrected chi connectivity index (χ2v) is 6.61. The number of nitrogens with zero attached hydrogens (tertiary/aromatic N) is 1. The van der Waals surface area contributed by atoms with Crippen LogP contribution in [0.15, 0.2) is 29.8 Å². The molecular formula is C15H17N3O2S2. The van der Waals surface area contributed by atoms with Crippen molar-refractivity contribution < 1.29 is 9.59 Å². The Morgan fingerprint density at radius 2 is 1.86 bits per heavy atom. The molecule has 116 valence electrons. The molecule has 0 aliphatic heterocycles. The van der Waals surface area contributed by atoms with Gasteiger partial charge in [-0.15, -0.1) is 23.1 Å². The number of thioether (sulfide) groups is 1. The first-order valence-corrected chi connectivity index (χ1v) is 8.72. The van der Waals surface area contributed by atoms with Crippen molar-refractivity contribution in [2.24, 2.45) is 0 Å². The van der Waals surface area contributed by atoms with Gasteiger partial charge in [0.2, 0.25) is 11.8 Å². The number of thiazole rings is 1. The Morgan fingerprint density at radius 1 is 1.14 bits per heavy atom. The number of hydrogen-bond donors (Lipinski definition) is 2. The molecule has 0 aliphatic rings. The van der Waals surface area contributed by atoms with Crippen molar-refractivity contribution in [3.05, 3.63) is 40.9 Å². The first-order valence-electron chi connectivity index (χ1n) is 6.69. The molecule has 0 radical (unpaired) electrons. The van der Waals surface area contributed by atoms with E-state index in [2.05, 4.69) is 15.6 Å². The van der Waals surface area contributed by atoms with E-state index in [4.69, 9.17) is 0 Å². The lowest BCUT2D eigenvalue weighted by Gasteiger charge is -2.07. The minimum atomic E-state index is -0.154. The number of aromatic nitrogens is 1. The molecule has 0 aliphatic carbocycles. The summed E-state index contributed by atoms with van der Waals surface area (Å²) in [7, 11) is 0. The van der Waals surface area contributed by atoms with Crippen molar-refractivity contribution in [2.45, 2.75) is 13.8 Å². The van der Waals surface area contributed by atoms with Crippen molar-refractivity contribution in [3.8, 4) is 0 Å². The highest BCUT2D eigenvalue weighted by atomic mass is 32.2. The Morgan fingerprint density at radius 3 is 2.50 bits per heavy atom. The predicted octanol–water partition coefficient (Wildman–Crippen LogP) is 3.07. The largest absolute Gasteiger partial charge is 0.325 e. The van der Waals surface area contributed by atoms with Crippen LogP contribution in [0.25, 0.3) is 0 Å². The SMILES string of the molecule is Cc1ccc(NC(=O)CSCC(=O)Nc2nccs2)cc1C. The molecule has 0 fully saturated rings. The lowest BCUT2D eigenvalue weighted by atomic mass is 10.1. The molecule has 1 aromatic carbocycles. The zero-order valence-corrected chi connectivity index (χ0v) is 14.0. The average Bonchev–Trinajstić information content (AvgIpc) is 2.95. The number of nitrogens with one attached hydrogen (secondary N) is 2. The summed E-state index contributed by atoms with van der Waals surface area (Å²) >= 11 is 2.63. The number of amides is 2. The number of carbonyl (C=O) groups is 2. The zero-order chi connectivity index (χ0) is 15.9. The van der Waals surface area contributed by atoms with Crippen molar-refractivity contribution in [1.29, 1.82) is 0 Å². The molecule has 1 heterocycles. The highest BCUT2D eigenvalue weighted by Crippen LogP contribution is 2.15. The molecule has 2 amide bonds. The van der Waals surface area contributed by atoms with Crippen LogP contribution in [-0.2, 0) is 9.59 Å². The van der Waals surface area contributed by atoms with Crippen LogP contribution in [0.4, 0.5) is 10.8 Å². The van der Waals surface area contributed by atoms with Gasteiger partial charge in [0.1, 0.15) is 0 Å². The summed E-state index contributed by atoms with van der Waals surface area (Å²) in [5.41, 5.74) is 3.10. The van der Waals surface area contributed by atoms with Gasteiger partial charge < -0.3 is 10.6 Å². The van der Waals surface area contributed by atoms with Crippen LogP contribution in [0, 0.1) is 13.8 Å². The van der Waals surface area contributed by atoms with Crippen molar-refractivity contribution >= 4 is 45.7 Å². The van der Waals surface area contributed by atoms with Crippen LogP contribution in [0.1, 0.15) is 11.1 Å². The Kier molecular flexibility index (Phi) is 5.97. The normalized spacial score (nSPS) is 10.3. The maximum atomic E-state index is 11.8. The lowest BCUT2D eigenvalue weighted by molar-refractivity contribution is -0.114. The molecule has 0 saturated heterocycles. The lowest BCUT2D eigenvalue weighted by Crippen LogP contribution is -2.18. The Bertz CT molecular complexity index is 657. The van der Waals surface area contributed by atoms with Crippen LogP contribution in [0.2, 0.25) is 0 Å². The minimum absolute atomic E-state index is 0.115. The number of rotatable bonds is 6. The molecule has 2 N–H and O–H groups in total. The van der Waals surface area contributed by atoms with Gasteiger partial charge in [-0.1, -0.05) is 6.07 Å². The second-order valence-electron chi connectivity index (χ2n) is 4.73. The number of hydrogen-bond acceptors (Lipinski definition) is 5. The van der Waals surface area contributed by atoms with E-state index >= 15 is 0 Å². The predicted molar refractivity (Wildman–Crippen MR) is 92.6 cm³/mol. The van der Waals surface area contributed by atoms with E-state index < -0.39 is 0 Å². The third kappa shape index (κ3) is 5.16. The molecule has 0 atom stereocenters. The first kappa shape index (κ1) is 16.5. The Labute approximate surface area is 137 Å². The van der Waals surface area contributed by atoms with Gasteiger partial charge in [-0.05, 0) is 37.1 Å². The molecule has 22 heavy (non-hydrogen) atoms. The van der Waals surface area contributed by atoms with Gasteiger partial charge in [-0.3, -0.25) is 9.59 Å². The van der Waals surface area contributed by atoms with Gasteiger partial charge in [0.05, 0.1) is 11.5 Å². The van der Waals surface area contributed by atoms with Crippen molar-refractivity contribution in [3.63, 3.8) is 0 Å². The maximum Gasteiger partial charge on any atom is 0.236 e. The van der Waals surface area contributed by atoms with Crippen LogP contribution in [-0.4, -0.2) is 28.3 Å². The third-order valence-corrected chi connectivity index (χ3v) is 4.56. The second kappa shape index (κ2) is 7.95. The van der Waals surface area contributed by atoms with Crippen LogP contribution >= 0.6 is 23.1 Å². The van der Waals surface area contributed by atoms with Crippen molar-refractivity contribution in [1.82, 2.24) is 4.98 Å². The fourth-order valence-corrected chi connectivity index (χ4v) is 2.86. The molecule has 2 aromatic rings. The fraction of sp³-hybridized carbons (Fsp3) is 0.267. The monoisotopic (exact) mass is 335 g/mol. The standard InChI is InChI=1S/C15H17N3O2S2/c1-10-3-4-12(7-11(10)2)17-13(19)8-21-9-14(20)18-15-16-5-6-22-15/h3-7H,8-9H2,1-2H3,(H,17,19)(H,16,18,20). The summed E-state index contributed by atoms with van der Waals surface area (Å²) in [6.07, 6.45) is 1.63. The van der Waals surface area contributed by atoms with Crippen LogP contribution in [0.3, 0.4) is 0 Å². The maximum absolute atomic E-state index is 11.8. The van der Waals surface area contributed by atoms with Gasteiger partial charge in [0.25, 0.3) is 0 Å². The highest BCUT2D eigenvalue weighted by molar-refractivity contribution is 8.00. The number of carbonyl (C=O) groups excluding carboxylic acids is 2. The third-order valence-electron chi connectivity index (χ3n) is 2.94. The quantitative estimate of drug-likeness (QED) is 0.851. The first-order chi connectivity index (χ1) is 10.5. The van der Waals surface area contributed by atoms with E-state index in [-0.39, 0.29) is 23.3 Å². The zero-order valence-electron chi connectivity index (χ0n) is 12.4. The van der Waals surface area contributed by atoms with Gasteiger partial charge in [-0.25, -0.2) is 4.98 Å². The van der Waals surface area contributed by atoms with Gasteiger partial charge in [-0.2, -0.15) is 0 Å². The molecule has 0 unspecified atom stereocenters. The number of aryl methyl sites for hydroxylation is 2. The fourth-order valence-electron chi connectivity index (χ4n) is 1.69. The molecule has 0 spiro atoms. The molecule has 0 saturated carbocycles. The molecule has 7 heteroatoms. The summed E-state index contributed by atoms with van der Waals surface area (Å²) in [6, 6.07) is 5.78. The highest BCUT2D eigenvalue weighted by Gasteiger charge is 2.07. The molecule has 0 bridgehead atoms. The van der Waals surface area contributed by atoms with E-state index in [1.807, 2.05) is 32.0 Å². The topological polar surface area (TPSA) is 71.1 Å². The Hall–Kier alpha value is -1.86. The Balaban J connectivity index is 1.71. The van der Waals surface area contributed by atoms with Gasteiger partial charge in [0.15, 0.2) is 5.13 Å². The van der Waals surface area contributed by atoms with E-state index in [0.717, 1.165) is 11.3 Å². The summed E-state index contributed by atoms with van der Waals surface area (Å²) in [6.45, 7) is 4.03. The van der Waals surface area contributed by atoms with E-state index in [0.29, 0.717) is 5.13 Å². The summed E-state index contributed by atoms with van der Waals surface area (Å²) < 4.78 is 0.